The Balaban J connectivity index is 3.01. The maximum atomic E-state index is 8.99. The molecule has 0 fully saturated rings. The van der Waals surface area contributed by atoms with Gasteiger partial charge >= 0.3 is 0 Å². The van der Waals surface area contributed by atoms with Crippen molar-refractivity contribution in [2.75, 3.05) is 33.0 Å². The average Bonchev–Trinajstić information content (AvgIpc) is 1.94. The van der Waals surface area contributed by atoms with E-state index in [9.17, 15) is 0 Å². The van der Waals surface area contributed by atoms with Crippen molar-refractivity contribution in [1.29, 1.82) is 0 Å². The van der Waals surface area contributed by atoms with Gasteiger partial charge in [0.2, 0.25) is 0 Å². The van der Waals surface area contributed by atoms with Gasteiger partial charge in [-0.2, -0.15) is 0 Å². The summed E-state index contributed by atoms with van der Waals surface area (Å²) in [6.45, 7) is 2.62. The Bertz CT molecular complexity index is 102. The van der Waals surface area contributed by atoms with Gasteiger partial charge in [0.25, 0.3) is 0 Å². The van der Waals surface area contributed by atoms with Crippen LogP contribution in [0.5, 0.6) is 0 Å². The summed E-state index contributed by atoms with van der Waals surface area (Å²) in [5.74, 6) is 0. The van der Waals surface area contributed by atoms with Gasteiger partial charge in [-0.3, -0.25) is 0 Å². The number of rotatable bonds is 7. The standard InChI is InChI=1S/C7H17NO4/c1-7(8,10)6-12-5-4-11-3-2-9/h9-10H,2-6,8H2,1H3. The maximum Gasteiger partial charge on any atom is 0.134 e. The highest BCUT2D eigenvalue weighted by Gasteiger charge is 2.11. The topological polar surface area (TPSA) is 84.9 Å². The minimum Gasteiger partial charge on any atom is -0.394 e. The Morgan fingerprint density at radius 1 is 1.25 bits per heavy atom. The molecule has 0 rings (SSSR count). The summed E-state index contributed by atoms with van der Waals surface area (Å²) in [6.07, 6.45) is 0. The largest absolute Gasteiger partial charge is 0.394 e. The Hall–Kier alpha value is -0.200. The minimum absolute atomic E-state index is 0.00854. The van der Waals surface area contributed by atoms with Gasteiger partial charge in [-0.05, 0) is 6.92 Å². The van der Waals surface area contributed by atoms with Crippen LogP contribution in [0.3, 0.4) is 0 Å². The van der Waals surface area contributed by atoms with Crippen LogP contribution in [-0.4, -0.2) is 49.0 Å². The van der Waals surface area contributed by atoms with Crippen molar-refractivity contribution in [3.05, 3.63) is 0 Å². The van der Waals surface area contributed by atoms with E-state index in [1.165, 1.54) is 6.92 Å². The highest BCUT2D eigenvalue weighted by molar-refractivity contribution is 4.59. The van der Waals surface area contributed by atoms with Gasteiger partial charge in [0.05, 0.1) is 33.0 Å². The number of nitrogens with two attached hydrogens (primary N) is 1. The van der Waals surface area contributed by atoms with Gasteiger partial charge in [-0.1, -0.05) is 0 Å². The normalized spacial score (nSPS) is 16.0. The van der Waals surface area contributed by atoms with Crippen LogP contribution in [0.1, 0.15) is 6.92 Å². The molecule has 4 N–H and O–H groups in total. The molecule has 0 radical (unpaired) electrons. The number of aliphatic hydroxyl groups excluding tert-OH is 1. The molecule has 12 heavy (non-hydrogen) atoms. The molecule has 5 nitrogen and oxygen atoms in total. The SMILES string of the molecule is CC(N)(O)COCCOCCO. The van der Waals surface area contributed by atoms with Gasteiger partial charge in [0.1, 0.15) is 5.72 Å². The van der Waals surface area contributed by atoms with Crippen LogP contribution in [-0.2, 0) is 9.47 Å². The number of ether oxygens (including phenoxy) is 2. The molecule has 0 saturated heterocycles. The third-order valence-corrected chi connectivity index (χ3v) is 1.00. The van der Waals surface area contributed by atoms with Crippen molar-refractivity contribution < 1.29 is 19.7 Å². The number of hydrogen-bond donors (Lipinski definition) is 3. The van der Waals surface area contributed by atoms with Crippen LogP contribution in [0.2, 0.25) is 0 Å². The first kappa shape index (κ1) is 11.8. The van der Waals surface area contributed by atoms with E-state index in [1.807, 2.05) is 0 Å². The average molecular weight is 179 g/mol. The smallest absolute Gasteiger partial charge is 0.134 e. The number of aliphatic hydroxyl groups is 2. The van der Waals surface area contributed by atoms with Gasteiger partial charge in [0, 0.05) is 0 Å². The van der Waals surface area contributed by atoms with Gasteiger partial charge in [0.15, 0.2) is 0 Å². The quantitative estimate of drug-likeness (QED) is 0.333. The van der Waals surface area contributed by atoms with Crippen LogP contribution in [0.25, 0.3) is 0 Å². The lowest BCUT2D eigenvalue weighted by atomic mass is 10.3. The van der Waals surface area contributed by atoms with E-state index in [0.717, 1.165) is 0 Å². The first-order valence-corrected chi connectivity index (χ1v) is 3.84. The molecule has 0 aromatic carbocycles. The van der Waals surface area contributed by atoms with Crippen molar-refractivity contribution in [1.82, 2.24) is 0 Å². The monoisotopic (exact) mass is 179 g/mol. The fourth-order valence-electron chi connectivity index (χ4n) is 0.563. The van der Waals surface area contributed by atoms with E-state index < -0.39 is 5.72 Å². The fourth-order valence-corrected chi connectivity index (χ4v) is 0.563. The van der Waals surface area contributed by atoms with Crippen LogP contribution < -0.4 is 5.73 Å². The molecule has 0 aliphatic rings. The molecule has 74 valence electrons. The third kappa shape index (κ3) is 9.80. The molecule has 0 aliphatic heterocycles. The first-order chi connectivity index (χ1) is 5.56. The summed E-state index contributed by atoms with van der Waals surface area (Å²) in [5.41, 5.74) is 3.95. The molecule has 0 aromatic rings. The molecular formula is C7H17NO4. The molecule has 0 saturated carbocycles. The second kappa shape index (κ2) is 6.33. The van der Waals surface area contributed by atoms with E-state index in [0.29, 0.717) is 19.8 Å². The lowest BCUT2D eigenvalue weighted by Gasteiger charge is -2.16. The predicted octanol–water partition coefficient (Wildman–Crippen LogP) is -1.32. The van der Waals surface area contributed by atoms with Gasteiger partial charge in [-0.25, -0.2) is 0 Å². The summed E-state index contributed by atoms with van der Waals surface area (Å²) >= 11 is 0. The molecule has 5 heteroatoms. The van der Waals surface area contributed by atoms with Crippen LogP contribution >= 0.6 is 0 Å². The zero-order valence-corrected chi connectivity index (χ0v) is 7.32. The second-order valence-corrected chi connectivity index (χ2v) is 2.75. The van der Waals surface area contributed by atoms with Crippen molar-refractivity contribution >= 4 is 0 Å². The summed E-state index contributed by atoms with van der Waals surface area (Å²) < 4.78 is 9.86. The van der Waals surface area contributed by atoms with Crippen molar-refractivity contribution in [3.63, 3.8) is 0 Å². The van der Waals surface area contributed by atoms with Crippen LogP contribution in [0.15, 0.2) is 0 Å². The third-order valence-electron chi connectivity index (χ3n) is 1.00. The Morgan fingerprint density at radius 2 is 1.83 bits per heavy atom. The summed E-state index contributed by atoms with van der Waals surface area (Å²) in [7, 11) is 0. The fraction of sp³-hybridized carbons (Fsp3) is 1.00. The van der Waals surface area contributed by atoms with E-state index in [4.69, 9.17) is 25.4 Å². The van der Waals surface area contributed by atoms with Crippen LogP contribution in [0.4, 0.5) is 0 Å². The first-order valence-electron chi connectivity index (χ1n) is 3.84. The summed E-state index contributed by atoms with van der Waals surface area (Å²) in [6, 6.07) is 0. The molecule has 1 atom stereocenters. The van der Waals surface area contributed by atoms with Crippen molar-refractivity contribution in [3.8, 4) is 0 Å². The molecule has 0 bridgehead atoms. The Morgan fingerprint density at radius 3 is 2.33 bits per heavy atom. The minimum atomic E-state index is -1.28. The second-order valence-electron chi connectivity index (χ2n) is 2.75. The predicted molar refractivity (Wildman–Crippen MR) is 43.5 cm³/mol. The highest BCUT2D eigenvalue weighted by atomic mass is 16.5. The molecule has 0 aliphatic carbocycles. The molecule has 1 unspecified atom stereocenters. The van der Waals surface area contributed by atoms with E-state index in [-0.39, 0.29) is 13.2 Å². The lowest BCUT2D eigenvalue weighted by Crippen LogP contribution is -2.41. The van der Waals surface area contributed by atoms with Gasteiger partial charge in [-0.15, -0.1) is 0 Å². The Labute approximate surface area is 72.1 Å². The molecule has 0 aromatic heterocycles. The summed E-state index contributed by atoms with van der Waals surface area (Å²) in [5, 5.41) is 17.3. The molecule has 0 amide bonds. The number of hydrogen-bond acceptors (Lipinski definition) is 5. The van der Waals surface area contributed by atoms with E-state index in [1.54, 1.807) is 0 Å². The van der Waals surface area contributed by atoms with E-state index >= 15 is 0 Å². The highest BCUT2D eigenvalue weighted by Crippen LogP contribution is 1.92. The zero-order chi connectivity index (χ0) is 9.45. The summed E-state index contributed by atoms with van der Waals surface area (Å²) in [4.78, 5) is 0. The molecule has 0 heterocycles. The van der Waals surface area contributed by atoms with E-state index in [2.05, 4.69) is 0 Å². The van der Waals surface area contributed by atoms with Gasteiger partial charge < -0.3 is 25.4 Å². The van der Waals surface area contributed by atoms with Crippen molar-refractivity contribution in [2.24, 2.45) is 5.73 Å². The molecule has 0 spiro atoms. The zero-order valence-electron chi connectivity index (χ0n) is 7.32. The Kier molecular flexibility index (Phi) is 6.23. The lowest BCUT2D eigenvalue weighted by molar-refractivity contribution is -0.0460. The maximum absolute atomic E-state index is 8.99. The van der Waals surface area contributed by atoms with Crippen LogP contribution in [0, 0.1) is 0 Å². The molecular weight excluding hydrogens is 162 g/mol. The van der Waals surface area contributed by atoms with Crippen molar-refractivity contribution in [2.45, 2.75) is 12.6 Å².